The number of allylic oxidation sites excluding steroid dienone is 2. The molecule has 1 N–H and O–H groups in total. The van der Waals surface area contributed by atoms with Crippen molar-refractivity contribution in [3.8, 4) is 11.5 Å². The standard InChI is InChI=1S/C17H18O2S.C16H16O4S.C3H8/c1-5-12-8-13-9-17(14(18)7-6-11(2)3)20-16(13)10-15(12)19-4;1-3-4-10-7-11-8-15(12(17)5-6-16(18)19)21-14(11)9-13(10)20-2;1-3-2/h5,8-10H,1-2,6-7H2,3-4H3;3-4,7-9H,5-6H2,1-2H3,(H,18,19);3H2,1-2H3/b;4-3+;. The van der Waals surface area contributed by atoms with Crippen LogP contribution >= 0.6 is 22.7 Å². The molecule has 0 aliphatic heterocycles. The molecule has 0 bridgehead atoms. The average molecular weight is 635 g/mol. The number of carboxylic acids is 1. The normalized spacial score (nSPS) is 10.5. The summed E-state index contributed by atoms with van der Waals surface area (Å²) < 4.78 is 12.7. The lowest BCUT2D eigenvalue weighted by Crippen LogP contribution is -2.01. The predicted molar refractivity (Wildman–Crippen MR) is 187 cm³/mol. The fourth-order valence-corrected chi connectivity index (χ4v) is 6.14. The van der Waals surface area contributed by atoms with E-state index in [0.29, 0.717) is 11.3 Å². The van der Waals surface area contributed by atoms with Crippen LogP contribution in [-0.4, -0.2) is 36.9 Å². The number of thiophene rings is 2. The molecule has 0 aliphatic carbocycles. The smallest absolute Gasteiger partial charge is 0.303 e. The van der Waals surface area contributed by atoms with Crippen LogP contribution in [0.3, 0.4) is 0 Å². The Bertz CT molecular complexity index is 1650. The van der Waals surface area contributed by atoms with Crippen LogP contribution in [0.2, 0.25) is 0 Å². The van der Waals surface area contributed by atoms with E-state index in [2.05, 4.69) is 27.0 Å². The highest BCUT2D eigenvalue weighted by molar-refractivity contribution is 7.21. The summed E-state index contributed by atoms with van der Waals surface area (Å²) in [4.78, 5) is 36.1. The maximum Gasteiger partial charge on any atom is 0.303 e. The van der Waals surface area contributed by atoms with Gasteiger partial charge >= 0.3 is 5.97 Å². The number of benzene rings is 2. The molecule has 234 valence electrons. The maximum atomic E-state index is 12.1. The number of methoxy groups -OCH3 is 2. The summed E-state index contributed by atoms with van der Waals surface area (Å²) in [5.41, 5.74) is 2.93. The SMILES string of the molecule is C/C=C/c1cc2cc(C(=O)CCC(=O)O)sc2cc1OC.C=Cc1cc2cc(C(=O)CCC(=C)C)sc2cc1OC.CCC. The highest BCUT2D eigenvalue weighted by Gasteiger charge is 2.14. The van der Waals surface area contributed by atoms with Gasteiger partial charge in [-0.15, -0.1) is 29.3 Å². The quantitative estimate of drug-likeness (QED) is 0.123. The number of carboxylic acid groups (broad SMARTS) is 1. The van der Waals surface area contributed by atoms with E-state index < -0.39 is 5.97 Å². The van der Waals surface area contributed by atoms with Crippen LogP contribution in [0.15, 0.2) is 61.2 Å². The van der Waals surface area contributed by atoms with Gasteiger partial charge in [0.05, 0.1) is 30.4 Å². The number of Topliss-reactive ketones (excluding diaryl/α,β-unsaturated/α-hetero) is 2. The minimum absolute atomic E-state index is 0.0288. The van der Waals surface area contributed by atoms with E-state index in [1.54, 1.807) is 20.3 Å². The number of aliphatic carboxylic acids is 1. The lowest BCUT2D eigenvalue weighted by molar-refractivity contribution is -0.136. The molecule has 0 spiro atoms. The Morgan fingerprint density at radius 1 is 0.795 bits per heavy atom. The third kappa shape index (κ3) is 10.3. The second-order valence-corrected chi connectivity index (χ2v) is 12.3. The molecule has 0 unspecified atom stereocenters. The van der Waals surface area contributed by atoms with Crippen LogP contribution < -0.4 is 9.47 Å². The van der Waals surface area contributed by atoms with Crippen molar-refractivity contribution in [1.29, 1.82) is 0 Å². The third-order valence-electron chi connectivity index (χ3n) is 6.20. The van der Waals surface area contributed by atoms with Crippen molar-refractivity contribution in [3.05, 3.63) is 82.1 Å². The first kappa shape index (κ1) is 36.2. The number of hydrogen-bond acceptors (Lipinski definition) is 7. The van der Waals surface area contributed by atoms with E-state index in [4.69, 9.17) is 14.6 Å². The van der Waals surface area contributed by atoms with Crippen molar-refractivity contribution in [2.75, 3.05) is 14.2 Å². The van der Waals surface area contributed by atoms with Crippen molar-refractivity contribution in [3.63, 3.8) is 0 Å². The Morgan fingerprint density at radius 2 is 1.25 bits per heavy atom. The summed E-state index contributed by atoms with van der Waals surface area (Å²) in [5.74, 6) is 0.627. The van der Waals surface area contributed by atoms with Crippen LogP contribution in [0.25, 0.3) is 32.3 Å². The van der Waals surface area contributed by atoms with Crippen LogP contribution in [0.5, 0.6) is 11.5 Å². The molecule has 2 heterocycles. The van der Waals surface area contributed by atoms with Gasteiger partial charge in [-0.1, -0.05) is 50.6 Å². The molecule has 8 heteroatoms. The fraction of sp³-hybridized carbons (Fsp3) is 0.306. The number of carbonyl (C=O) groups excluding carboxylic acids is 2. The van der Waals surface area contributed by atoms with Crippen molar-refractivity contribution >= 4 is 72.5 Å². The Hall–Kier alpha value is -4.01. The molecule has 0 atom stereocenters. The molecule has 4 rings (SSSR count). The lowest BCUT2D eigenvalue weighted by atomic mass is 10.1. The molecule has 44 heavy (non-hydrogen) atoms. The number of fused-ring (bicyclic) bond motifs is 2. The molecule has 0 amide bonds. The molecule has 4 aromatic rings. The van der Waals surface area contributed by atoms with Crippen molar-refractivity contribution < 1.29 is 29.0 Å². The molecular formula is C36H42O6S2. The zero-order chi connectivity index (χ0) is 32.8. The van der Waals surface area contributed by atoms with Gasteiger partial charge in [0.15, 0.2) is 11.6 Å². The lowest BCUT2D eigenvalue weighted by Gasteiger charge is -2.04. The zero-order valence-corrected chi connectivity index (χ0v) is 28.1. The monoisotopic (exact) mass is 634 g/mol. The zero-order valence-electron chi connectivity index (χ0n) is 26.5. The summed E-state index contributed by atoms with van der Waals surface area (Å²) >= 11 is 2.88. The Labute approximate surface area is 268 Å². The van der Waals surface area contributed by atoms with Gasteiger partial charge in [-0.3, -0.25) is 14.4 Å². The van der Waals surface area contributed by atoms with Crippen LogP contribution in [0.1, 0.15) is 90.3 Å². The number of rotatable bonds is 12. The number of ether oxygens (including phenoxy) is 2. The molecule has 0 radical (unpaired) electrons. The molecule has 6 nitrogen and oxygen atoms in total. The number of ketones is 2. The van der Waals surface area contributed by atoms with Gasteiger partial charge in [0.25, 0.3) is 0 Å². The molecule has 2 aromatic carbocycles. The van der Waals surface area contributed by atoms with E-state index in [9.17, 15) is 14.4 Å². The van der Waals surface area contributed by atoms with E-state index in [1.165, 1.54) is 29.1 Å². The molecular weight excluding hydrogens is 593 g/mol. The first-order valence-corrected chi connectivity index (χ1v) is 16.1. The van der Waals surface area contributed by atoms with Gasteiger partial charge < -0.3 is 14.6 Å². The van der Waals surface area contributed by atoms with Gasteiger partial charge in [-0.05, 0) is 67.4 Å². The molecule has 2 aromatic heterocycles. The largest absolute Gasteiger partial charge is 0.496 e. The van der Waals surface area contributed by atoms with Gasteiger partial charge in [0, 0.05) is 33.4 Å². The van der Waals surface area contributed by atoms with Crippen molar-refractivity contribution in [2.24, 2.45) is 0 Å². The van der Waals surface area contributed by atoms with Crippen LogP contribution in [-0.2, 0) is 4.79 Å². The minimum Gasteiger partial charge on any atom is -0.496 e. The van der Waals surface area contributed by atoms with E-state index in [0.717, 1.165) is 59.7 Å². The molecule has 0 saturated carbocycles. The van der Waals surface area contributed by atoms with Gasteiger partial charge in [0.2, 0.25) is 0 Å². The molecule has 0 aliphatic rings. The Morgan fingerprint density at radius 3 is 1.66 bits per heavy atom. The van der Waals surface area contributed by atoms with Crippen LogP contribution in [0, 0.1) is 0 Å². The summed E-state index contributed by atoms with van der Waals surface area (Å²) in [7, 11) is 3.25. The van der Waals surface area contributed by atoms with Crippen LogP contribution in [0.4, 0.5) is 0 Å². The Balaban J connectivity index is 0.000000282. The molecule has 0 fully saturated rings. The van der Waals surface area contributed by atoms with E-state index in [1.807, 2.05) is 62.4 Å². The number of carbonyl (C=O) groups is 3. The number of hydrogen-bond donors (Lipinski definition) is 1. The van der Waals surface area contributed by atoms with Crippen molar-refractivity contribution in [2.45, 2.75) is 59.8 Å². The second kappa shape index (κ2) is 18.0. The van der Waals surface area contributed by atoms with Gasteiger partial charge in [-0.2, -0.15) is 0 Å². The second-order valence-electron chi connectivity index (χ2n) is 10.1. The van der Waals surface area contributed by atoms with Crippen molar-refractivity contribution in [1.82, 2.24) is 0 Å². The predicted octanol–water partition coefficient (Wildman–Crippen LogP) is 10.5. The summed E-state index contributed by atoms with van der Waals surface area (Å²) in [6, 6.07) is 11.6. The summed E-state index contributed by atoms with van der Waals surface area (Å²) in [6.45, 7) is 15.7. The highest BCUT2D eigenvalue weighted by atomic mass is 32.1. The van der Waals surface area contributed by atoms with Gasteiger partial charge in [-0.25, -0.2) is 0 Å². The first-order valence-electron chi connectivity index (χ1n) is 14.4. The van der Waals surface area contributed by atoms with E-state index >= 15 is 0 Å². The topological polar surface area (TPSA) is 89.9 Å². The summed E-state index contributed by atoms with van der Waals surface area (Å²) in [6.07, 6.45) is 8.04. The Kier molecular flexibility index (Phi) is 14.8. The minimum atomic E-state index is -0.957. The molecule has 0 saturated heterocycles. The van der Waals surface area contributed by atoms with E-state index in [-0.39, 0.29) is 24.4 Å². The third-order valence-corrected chi connectivity index (χ3v) is 8.48. The van der Waals surface area contributed by atoms with Gasteiger partial charge in [0.1, 0.15) is 11.5 Å². The summed E-state index contributed by atoms with van der Waals surface area (Å²) in [5, 5.41) is 10.7. The highest BCUT2D eigenvalue weighted by Crippen LogP contribution is 2.34. The average Bonchev–Trinajstić information content (AvgIpc) is 3.62. The fourth-order valence-electron chi connectivity index (χ4n) is 4.06. The maximum absolute atomic E-state index is 12.1. The first-order chi connectivity index (χ1) is 21.0.